The van der Waals surface area contributed by atoms with Crippen LogP contribution in [0.3, 0.4) is 0 Å². The van der Waals surface area contributed by atoms with Gasteiger partial charge in [0.1, 0.15) is 16.9 Å². The molecule has 100 valence electrons. The number of aromatic nitrogens is 2. The molecular formula is C16H14N2OS. The quantitative estimate of drug-likeness (QED) is 0.703. The van der Waals surface area contributed by atoms with Crippen molar-refractivity contribution in [2.45, 2.75) is 26.2 Å². The highest BCUT2D eigenvalue weighted by molar-refractivity contribution is 7.18. The summed E-state index contributed by atoms with van der Waals surface area (Å²) < 4.78 is 6.06. The van der Waals surface area contributed by atoms with Crippen LogP contribution in [0.2, 0.25) is 0 Å². The van der Waals surface area contributed by atoms with E-state index in [1.807, 2.05) is 31.2 Å². The third-order valence-electron chi connectivity index (χ3n) is 3.77. The van der Waals surface area contributed by atoms with Crippen molar-refractivity contribution in [1.29, 1.82) is 0 Å². The molecule has 0 fully saturated rings. The van der Waals surface area contributed by atoms with Crippen LogP contribution in [0.1, 0.15) is 22.4 Å². The highest BCUT2D eigenvalue weighted by Crippen LogP contribution is 2.41. The fourth-order valence-electron chi connectivity index (χ4n) is 2.75. The van der Waals surface area contributed by atoms with Crippen molar-refractivity contribution in [1.82, 2.24) is 9.97 Å². The van der Waals surface area contributed by atoms with Gasteiger partial charge in [0.2, 0.25) is 5.88 Å². The molecule has 0 saturated heterocycles. The normalized spacial score (nSPS) is 13.7. The molecule has 0 amide bonds. The standard InChI is InChI=1S/C16H14N2OS/c1-10-5-2-3-7-12(10)19-15-14-11-6-4-8-13(11)20-16(14)18-9-17-15/h2-3,5,7,9H,4,6,8H2,1H3. The number of aryl methyl sites for hydroxylation is 3. The Hall–Kier alpha value is -1.94. The van der Waals surface area contributed by atoms with Gasteiger partial charge in [0, 0.05) is 4.88 Å². The molecule has 0 bridgehead atoms. The molecule has 1 aliphatic rings. The first kappa shape index (κ1) is 11.9. The van der Waals surface area contributed by atoms with Crippen LogP contribution in [0.15, 0.2) is 30.6 Å². The first-order valence-corrected chi connectivity index (χ1v) is 7.63. The Morgan fingerprint density at radius 3 is 2.95 bits per heavy atom. The molecule has 1 aliphatic carbocycles. The van der Waals surface area contributed by atoms with Gasteiger partial charge in [0.25, 0.3) is 0 Å². The maximum atomic E-state index is 6.06. The Morgan fingerprint density at radius 2 is 2.05 bits per heavy atom. The van der Waals surface area contributed by atoms with Gasteiger partial charge in [0.05, 0.1) is 5.39 Å². The van der Waals surface area contributed by atoms with Crippen molar-refractivity contribution in [2.75, 3.05) is 0 Å². The second-order valence-corrected chi connectivity index (χ2v) is 6.17. The van der Waals surface area contributed by atoms with Crippen LogP contribution in [-0.2, 0) is 12.8 Å². The zero-order chi connectivity index (χ0) is 13.5. The summed E-state index contributed by atoms with van der Waals surface area (Å²) in [7, 11) is 0. The number of nitrogens with zero attached hydrogens (tertiary/aromatic N) is 2. The summed E-state index contributed by atoms with van der Waals surface area (Å²) in [5.74, 6) is 1.56. The van der Waals surface area contributed by atoms with E-state index >= 15 is 0 Å². The van der Waals surface area contributed by atoms with Gasteiger partial charge in [-0.15, -0.1) is 11.3 Å². The monoisotopic (exact) mass is 282 g/mol. The van der Waals surface area contributed by atoms with E-state index in [9.17, 15) is 0 Å². The molecule has 0 unspecified atom stereocenters. The van der Waals surface area contributed by atoms with Crippen LogP contribution in [0.4, 0.5) is 0 Å². The van der Waals surface area contributed by atoms with Crippen molar-refractivity contribution in [2.24, 2.45) is 0 Å². The average Bonchev–Trinajstić information content (AvgIpc) is 3.02. The highest BCUT2D eigenvalue weighted by atomic mass is 32.1. The molecule has 0 spiro atoms. The minimum atomic E-state index is 0.698. The van der Waals surface area contributed by atoms with Gasteiger partial charge in [-0.05, 0) is 43.4 Å². The van der Waals surface area contributed by atoms with Crippen LogP contribution in [0, 0.1) is 6.92 Å². The smallest absolute Gasteiger partial charge is 0.231 e. The van der Waals surface area contributed by atoms with E-state index in [1.54, 1.807) is 17.7 Å². The molecule has 1 aromatic carbocycles. The van der Waals surface area contributed by atoms with Gasteiger partial charge < -0.3 is 4.74 Å². The maximum Gasteiger partial charge on any atom is 0.231 e. The van der Waals surface area contributed by atoms with Crippen molar-refractivity contribution in [3.05, 3.63) is 46.6 Å². The molecular weight excluding hydrogens is 268 g/mol. The van der Waals surface area contributed by atoms with Gasteiger partial charge in [0.15, 0.2) is 0 Å². The van der Waals surface area contributed by atoms with Crippen molar-refractivity contribution in [3.63, 3.8) is 0 Å². The topological polar surface area (TPSA) is 35.0 Å². The minimum absolute atomic E-state index is 0.698. The Labute approximate surface area is 121 Å². The zero-order valence-corrected chi connectivity index (χ0v) is 12.0. The Kier molecular flexibility index (Phi) is 2.70. The largest absolute Gasteiger partial charge is 0.438 e. The maximum absolute atomic E-state index is 6.06. The molecule has 0 N–H and O–H groups in total. The number of hydrogen-bond donors (Lipinski definition) is 0. The number of para-hydroxylation sites is 1. The number of benzene rings is 1. The lowest BCUT2D eigenvalue weighted by Gasteiger charge is -2.08. The number of rotatable bonds is 2. The van der Waals surface area contributed by atoms with Gasteiger partial charge in [-0.2, -0.15) is 0 Å². The lowest BCUT2D eigenvalue weighted by molar-refractivity contribution is 0.464. The lowest BCUT2D eigenvalue weighted by atomic mass is 10.2. The zero-order valence-electron chi connectivity index (χ0n) is 11.2. The third-order valence-corrected chi connectivity index (χ3v) is 4.97. The summed E-state index contributed by atoms with van der Waals surface area (Å²) in [4.78, 5) is 11.3. The number of hydrogen-bond acceptors (Lipinski definition) is 4. The number of fused-ring (bicyclic) bond motifs is 3. The Balaban J connectivity index is 1.86. The first-order chi connectivity index (χ1) is 9.83. The van der Waals surface area contributed by atoms with Crippen LogP contribution in [0.5, 0.6) is 11.6 Å². The van der Waals surface area contributed by atoms with E-state index in [1.165, 1.54) is 23.3 Å². The summed E-state index contributed by atoms with van der Waals surface area (Å²) in [6.45, 7) is 2.05. The van der Waals surface area contributed by atoms with E-state index < -0.39 is 0 Å². The lowest BCUT2D eigenvalue weighted by Crippen LogP contribution is -1.93. The highest BCUT2D eigenvalue weighted by Gasteiger charge is 2.22. The van der Waals surface area contributed by atoms with Gasteiger partial charge in [-0.3, -0.25) is 0 Å². The molecule has 3 nitrogen and oxygen atoms in total. The fourth-order valence-corrected chi connectivity index (χ4v) is 3.97. The molecule has 0 aliphatic heterocycles. The van der Waals surface area contributed by atoms with Crippen molar-refractivity contribution >= 4 is 21.6 Å². The summed E-state index contributed by atoms with van der Waals surface area (Å²) >= 11 is 1.78. The molecule has 0 radical (unpaired) electrons. The molecule has 2 heterocycles. The number of thiophene rings is 1. The molecule has 0 saturated carbocycles. The number of ether oxygens (including phenoxy) is 1. The van der Waals surface area contributed by atoms with E-state index in [-0.39, 0.29) is 0 Å². The predicted molar refractivity (Wildman–Crippen MR) is 80.7 cm³/mol. The Bertz CT molecular complexity index is 794. The van der Waals surface area contributed by atoms with E-state index in [4.69, 9.17) is 4.74 Å². The second-order valence-electron chi connectivity index (χ2n) is 5.08. The van der Waals surface area contributed by atoms with Crippen LogP contribution in [-0.4, -0.2) is 9.97 Å². The second kappa shape index (κ2) is 4.56. The minimum Gasteiger partial charge on any atom is -0.438 e. The first-order valence-electron chi connectivity index (χ1n) is 6.81. The molecule has 2 aromatic heterocycles. The SMILES string of the molecule is Cc1ccccc1Oc1ncnc2sc3c(c12)CCC3. The third kappa shape index (κ3) is 1.79. The average molecular weight is 282 g/mol. The van der Waals surface area contributed by atoms with Crippen LogP contribution in [0.25, 0.3) is 10.2 Å². The van der Waals surface area contributed by atoms with Gasteiger partial charge in [-0.25, -0.2) is 9.97 Å². The summed E-state index contributed by atoms with van der Waals surface area (Å²) in [6, 6.07) is 8.03. The summed E-state index contributed by atoms with van der Waals surface area (Å²) in [6.07, 6.45) is 5.12. The van der Waals surface area contributed by atoms with Crippen molar-refractivity contribution in [3.8, 4) is 11.6 Å². The van der Waals surface area contributed by atoms with Crippen LogP contribution >= 0.6 is 11.3 Å². The predicted octanol–water partition coefficient (Wildman–Crippen LogP) is 4.28. The Morgan fingerprint density at radius 1 is 1.15 bits per heavy atom. The van der Waals surface area contributed by atoms with E-state index in [2.05, 4.69) is 9.97 Å². The van der Waals surface area contributed by atoms with Crippen LogP contribution < -0.4 is 4.74 Å². The molecule has 20 heavy (non-hydrogen) atoms. The molecule has 0 atom stereocenters. The fraction of sp³-hybridized carbons (Fsp3) is 0.250. The van der Waals surface area contributed by atoms with Gasteiger partial charge >= 0.3 is 0 Å². The molecule has 4 heteroatoms. The van der Waals surface area contributed by atoms with Gasteiger partial charge in [-0.1, -0.05) is 18.2 Å². The van der Waals surface area contributed by atoms with E-state index in [0.29, 0.717) is 5.88 Å². The van der Waals surface area contributed by atoms with Crippen molar-refractivity contribution < 1.29 is 4.74 Å². The molecule has 4 rings (SSSR count). The summed E-state index contributed by atoms with van der Waals surface area (Å²) in [5, 5.41) is 1.12. The molecule has 3 aromatic rings. The summed E-state index contributed by atoms with van der Waals surface area (Å²) in [5.41, 5.74) is 2.51. The van der Waals surface area contributed by atoms with E-state index in [0.717, 1.165) is 28.0 Å².